The van der Waals surface area contributed by atoms with Crippen LogP contribution in [0.2, 0.25) is 0 Å². The standard InChI is InChI=1S/C21H32O4/c1-8-21(6,7)12(5)11(4)15-13-9-14-17(20(23)25-18(14)15)16(13)19(22)24-10(2)3/h10-11,13-18H,5,8-9H2,1-4,6-7H3. The molecule has 1 aliphatic heterocycles. The molecule has 7 atom stereocenters. The van der Waals surface area contributed by atoms with E-state index in [4.69, 9.17) is 9.47 Å². The summed E-state index contributed by atoms with van der Waals surface area (Å²) in [5.74, 6) is -0.322. The van der Waals surface area contributed by atoms with Crippen LogP contribution in [0.5, 0.6) is 0 Å². The van der Waals surface area contributed by atoms with Gasteiger partial charge in [-0.05, 0) is 43.9 Å². The van der Waals surface area contributed by atoms with Crippen LogP contribution in [0.25, 0.3) is 0 Å². The molecule has 1 saturated heterocycles. The zero-order valence-electron chi connectivity index (χ0n) is 16.4. The Hall–Kier alpha value is -1.32. The molecule has 3 aliphatic rings. The largest absolute Gasteiger partial charge is 0.463 e. The number of ether oxygens (including phenoxy) is 2. The van der Waals surface area contributed by atoms with Gasteiger partial charge in [-0.1, -0.05) is 39.8 Å². The van der Waals surface area contributed by atoms with Crippen molar-refractivity contribution < 1.29 is 19.1 Å². The van der Waals surface area contributed by atoms with Crippen LogP contribution in [0.1, 0.15) is 54.4 Å². The summed E-state index contributed by atoms with van der Waals surface area (Å²) >= 11 is 0. The minimum Gasteiger partial charge on any atom is -0.463 e. The Bertz CT molecular complexity index is 591. The first-order valence-corrected chi connectivity index (χ1v) is 9.70. The average molecular weight is 348 g/mol. The van der Waals surface area contributed by atoms with E-state index in [0.717, 1.165) is 12.8 Å². The minimum absolute atomic E-state index is 0.0389. The molecule has 0 N–H and O–H groups in total. The molecular weight excluding hydrogens is 316 g/mol. The Labute approximate surface area is 151 Å². The minimum atomic E-state index is -0.344. The molecule has 0 radical (unpaired) electrons. The Kier molecular flexibility index (Phi) is 4.53. The average Bonchev–Trinajstić information content (AvgIpc) is 3.13. The first-order valence-electron chi connectivity index (χ1n) is 9.70. The summed E-state index contributed by atoms with van der Waals surface area (Å²) in [6, 6.07) is 0. The fourth-order valence-electron chi connectivity index (χ4n) is 5.47. The van der Waals surface area contributed by atoms with Crippen LogP contribution >= 0.6 is 0 Å². The smallest absolute Gasteiger partial charge is 0.310 e. The van der Waals surface area contributed by atoms with E-state index in [2.05, 4.69) is 34.3 Å². The molecule has 140 valence electrons. The van der Waals surface area contributed by atoms with Crippen LogP contribution in [0.3, 0.4) is 0 Å². The Morgan fingerprint density at radius 3 is 2.52 bits per heavy atom. The molecule has 4 nitrogen and oxygen atoms in total. The van der Waals surface area contributed by atoms with E-state index in [-0.39, 0.29) is 65.1 Å². The molecule has 0 aromatic carbocycles. The number of esters is 2. The topological polar surface area (TPSA) is 52.6 Å². The zero-order valence-corrected chi connectivity index (χ0v) is 16.4. The molecule has 2 saturated carbocycles. The number of allylic oxidation sites excluding steroid dienone is 1. The molecule has 0 spiro atoms. The van der Waals surface area contributed by atoms with Crippen molar-refractivity contribution in [1.29, 1.82) is 0 Å². The van der Waals surface area contributed by atoms with Gasteiger partial charge in [-0.25, -0.2) is 0 Å². The van der Waals surface area contributed by atoms with Gasteiger partial charge in [0.05, 0.1) is 17.9 Å². The maximum absolute atomic E-state index is 12.7. The third-order valence-electron chi connectivity index (χ3n) is 7.18. The van der Waals surface area contributed by atoms with Crippen LogP contribution in [0, 0.1) is 40.9 Å². The van der Waals surface area contributed by atoms with E-state index in [1.165, 1.54) is 5.57 Å². The van der Waals surface area contributed by atoms with Gasteiger partial charge >= 0.3 is 11.9 Å². The number of carbonyl (C=O) groups is 2. The number of fused-ring (bicyclic) bond motifs is 1. The van der Waals surface area contributed by atoms with E-state index in [1.807, 2.05) is 13.8 Å². The number of hydrogen-bond acceptors (Lipinski definition) is 4. The Morgan fingerprint density at radius 2 is 1.96 bits per heavy atom. The number of hydrogen-bond donors (Lipinski definition) is 0. The monoisotopic (exact) mass is 348 g/mol. The fraction of sp³-hybridized carbons (Fsp3) is 0.810. The molecule has 7 unspecified atom stereocenters. The second-order valence-electron chi connectivity index (χ2n) is 9.13. The van der Waals surface area contributed by atoms with Gasteiger partial charge in [0.2, 0.25) is 0 Å². The second-order valence-corrected chi connectivity index (χ2v) is 9.13. The van der Waals surface area contributed by atoms with Crippen molar-refractivity contribution in [2.45, 2.75) is 66.6 Å². The Balaban J connectivity index is 1.89. The highest BCUT2D eigenvalue weighted by Crippen LogP contribution is 2.63. The Morgan fingerprint density at radius 1 is 1.32 bits per heavy atom. The third-order valence-corrected chi connectivity index (χ3v) is 7.18. The zero-order chi connectivity index (χ0) is 18.7. The second kappa shape index (κ2) is 6.14. The third kappa shape index (κ3) is 2.72. The molecule has 2 bridgehead atoms. The van der Waals surface area contributed by atoms with Gasteiger partial charge in [0.25, 0.3) is 0 Å². The molecule has 1 heterocycles. The highest BCUT2D eigenvalue weighted by Gasteiger charge is 2.69. The maximum atomic E-state index is 12.7. The number of rotatable bonds is 6. The van der Waals surface area contributed by atoms with E-state index in [1.54, 1.807) is 0 Å². The van der Waals surface area contributed by atoms with Gasteiger partial charge in [0.1, 0.15) is 6.10 Å². The van der Waals surface area contributed by atoms with Gasteiger partial charge in [-0.3, -0.25) is 9.59 Å². The first-order chi connectivity index (χ1) is 11.6. The van der Waals surface area contributed by atoms with Gasteiger partial charge < -0.3 is 9.47 Å². The van der Waals surface area contributed by atoms with Crippen molar-refractivity contribution in [3.05, 3.63) is 12.2 Å². The lowest BCUT2D eigenvalue weighted by atomic mass is 9.64. The summed E-state index contributed by atoms with van der Waals surface area (Å²) < 4.78 is 11.3. The van der Waals surface area contributed by atoms with Crippen LogP contribution in [-0.2, 0) is 19.1 Å². The molecule has 4 heteroatoms. The van der Waals surface area contributed by atoms with E-state index in [9.17, 15) is 9.59 Å². The van der Waals surface area contributed by atoms with Crippen molar-refractivity contribution in [3.8, 4) is 0 Å². The molecule has 2 aliphatic carbocycles. The van der Waals surface area contributed by atoms with Crippen molar-refractivity contribution in [2.75, 3.05) is 0 Å². The van der Waals surface area contributed by atoms with Crippen molar-refractivity contribution >= 4 is 11.9 Å². The summed E-state index contributed by atoms with van der Waals surface area (Å²) in [7, 11) is 0. The van der Waals surface area contributed by atoms with Gasteiger partial charge in [0.15, 0.2) is 0 Å². The highest BCUT2D eigenvalue weighted by molar-refractivity contribution is 5.86. The molecular formula is C21H32O4. The van der Waals surface area contributed by atoms with E-state index < -0.39 is 0 Å². The first kappa shape index (κ1) is 18.5. The summed E-state index contributed by atoms with van der Waals surface area (Å²) in [6.45, 7) is 16.9. The fourth-order valence-corrected chi connectivity index (χ4v) is 5.47. The predicted molar refractivity (Wildman–Crippen MR) is 95.6 cm³/mol. The quantitative estimate of drug-likeness (QED) is 0.538. The molecule has 3 fully saturated rings. The van der Waals surface area contributed by atoms with Gasteiger partial charge in [-0.15, -0.1) is 0 Å². The molecule has 0 aromatic rings. The summed E-state index contributed by atoms with van der Waals surface area (Å²) in [5.41, 5.74) is 1.24. The van der Waals surface area contributed by atoms with Crippen molar-refractivity contribution in [1.82, 2.24) is 0 Å². The predicted octanol–water partition coefficient (Wildman–Crippen LogP) is 3.99. The van der Waals surface area contributed by atoms with Crippen LogP contribution < -0.4 is 0 Å². The lowest BCUT2D eigenvalue weighted by molar-refractivity contribution is -0.159. The molecule has 3 rings (SSSR count). The SMILES string of the molecule is C=C(C(C)C1C2CC3C1OC(=O)C3C2C(=O)OC(C)C)C(C)(C)CC. The maximum Gasteiger partial charge on any atom is 0.310 e. The van der Waals surface area contributed by atoms with Crippen molar-refractivity contribution in [2.24, 2.45) is 40.9 Å². The summed E-state index contributed by atoms with van der Waals surface area (Å²) in [6.07, 6.45) is 1.70. The van der Waals surface area contributed by atoms with Gasteiger partial charge in [0, 0.05) is 11.8 Å². The van der Waals surface area contributed by atoms with Gasteiger partial charge in [-0.2, -0.15) is 0 Å². The van der Waals surface area contributed by atoms with Crippen LogP contribution in [0.15, 0.2) is 12.2 Å². The van der Waals surface area contributed by atoms with E-state index in [0.29, 0.717) is 0 Å². The van der Waals surface area contributed by atoms with E-state index >= 15 is 0 Å². The van der Waals surface area contributed by atoms with Crippen molar-refractivity contribution in [3.63, 3.8) is 0 Å². The normalized spacial score (nSPS) is 37.3. The lowest BCUT2D eigenvalue weighted by Gasteiger charge is -2.39. The molecule has 0 aromatic heterocycles. The molecule has 25 heavy (non-hydrogen) atoms. The summed E-state index contributed by atoms with van der Waals surface area (Å²) in [5, 5.41) is 0. The number of carbonyl (C=O) groups excluding carboxylic acids is 2. The van der Waals surface area contributed by atoms with Crippen LogP contribution in [0.4, 0.5) is 0 Å². The summed E-state index contributed by atoms with van der Waals surface area (Å²) in [4.78, 5) is 25.1. The van der Waals surface area contributed by atoms with Crippen LogP contribution in [-0.4, -0.2) is 24.1 Å². The lowest BCUT2D eigenvalue weighted by Crippen LogP contribution is -2.42. The highest BCUT2D eigenvalue weighted by atomic mass is 16.6. The molecule has 0 amide bonds.